The number of aromatic nitrogens is 2. The topological polar surface area (TPSA) is 111 Å². The first-order chi connectivity index (χ1) is 14.1. The Balaban J connectivity index is 1.52. The summed E-state index contributed by atoms with van der Waals surface area (Å²) in [5, 5.41) is 11.7. The van der Waals surface area contributed by atoms with Gasteiger partial charge in [-0.1, -0.05) is 30.3 Å². The summed E-state index contributed by atoms with van der Waals surface area (Å²) >= 11 is 0. The lowest BCUT2D eigenvalue weighted by molar-refractivity contribution is -0.383. The molecule has 3 heterocycles. The number of nitrogen functional groups attached to an aromatic ring is 1. The van der Waals surface area contributed by atoms with Crippen molar-refractivity contribution in [2.24, 2.45) is 5.92 Å². The minimum Gasteiger partial charge on any atom is -0.378 e. The van der Waals surface area contributed by atoms with Crippen LogP contribution in [0.1, 0.15) is 18.4 Å². The van der Waals surface area contributed by atoms with Gasteiger partial charge in [0.05, 0.1) is 18.1 Å². The number of nitrogens with zero attached hydrogens (tertiary/aromatic N) is 5. The lowest BCUT2D eigenvalue weighted by Crippen LogP contribution is -2.39. The third-order valence-electron chi connectivity index (χ3n) is 5.64. The van der Waals surface area contributed by atoms with Crippen molar-refractivity contribution < 1.29 is 9.66 Å². The molecule has 1 aromatic heterocycles. The molecule has 0 unspecified atom stereocenters. The van der Waals surface area contributed by atoms with E-state index in [1.165, 1.54) is 5.56 Å². The molecule has 154 valence electrons. The highest BCUT2D eigenvalue weighted by atomic mass is 16.6. The summed E-state index contributed by atoms with van der Waals surface area (Å²) in [6.45, 7) is 3.90. The number of rotatable bonds is 5. The van der Waals surface area contributed by atoms with Gasteiger partial charge in [0, 0.05) is 26.2 Å². The SMILES string of the molecule is Nc1nc(N2CCOCC2)nc(N2CCC(Cc3ccccc3)CC2)c1[N+](=O)[O-]. The maximum absolute atomic E-state index is 11.7. The minimum atomic E-state index is -0.468. The average molecular weight is 398 g/mol. The van der Waals surface area contributed by atoms with Crippen LogP contribution in [-0.4, -0.2) is 54.3 Å². The van der Waals surface area contributed by atoms with E-state index in [1.807, 2.05) is 15.9 Å². The molecule has 2 aliphatic heterocycles. The minimum absolute atomic E-state index is 0.0760. The molecule has 0 saturated carbocycles. The van der Waals surface area contributed by atoms with Crippen molar-refractivity contribution in [2.75, 3.05) is 54.9 Å². The number of nitrogens with two attached hydrogens (primary N) is 1. The van der Waals surface area contributed by atoms with Gasteiger partial charge in [-0.25, -0.2) is 0 Å². The zero-order valence-corrected chi connectivity index (χ0v) is 16.4. The van der Waals surface area contributed by atoms with E-state index in [0.29, 0.717) is 44.0 Å². The van der Waals surface area contributed by atoms with Crippen LogP contribution in [0, 0.1) is 16.0 Å². The van der Waals surface area contributed by atoms with Crippen LogP contribution in [0.15, 0.2) is 30.3 Å². The molecule has 4 rings (SSSR count). The Labute approximate surface area is 169 Å². The molecule has 0 aliphatic carbocycles. The summed E-state index contributed by atoms with van der Waals surface area (Å²) in [6, 6.07) is 10.4. The Bertz CT molecular complexity index is 849. The second-order valence-electron chi connectivity index (χ2n) is 7.56. The molecule has 2 aliphatic rings. The van der Waals surface area contributed by atoms with E-state index in [0.717, 1.165) is 32.4 Å². The van der Waals surface area contributed by atoms with Gasteiger partial charge < -0.3 is 20.3 Å². The molecule has 0 bridgehead atoms. The molecule has 9 nitrogen and oxygen atoms in total. The van der Waals surface area contributed by atoms with E-state index >= 15 is 0 Å². The van der Waals surface area contributed by atoms with E-state index in [4.69, 9.17) is 10.5 Å². The molecule has 0 atom stereocenters. The molecule has 1 aromatic carbocycles. The van der Waals surface area contributed by atoms with Crippen LogP contribution >= 0.6 is 0 Å². The van der Waals surface area contributed by atoms with Crippen LogP contribution in [0.3, 0.4) is 0 Å². The van der Waals surface area contributed by atoms with Gasteiger partial charge in [-0.2, -0.15) is 9.97 Å². The zero-order chi connectivity index (χ0) is 20.2. The summed E-state index contributed by atoms with van der Waals surface area (Å²) in [7, 11) is 0. The van der Waals surface area contributed by atoms with Crippen molar-refractivity contribution in [2.45, 2.75) is 19.3 Å². The second-order valence-corrected chi connectivity index (χ2v) is 7.56. The molecule has 2 saturated heterocycles. The Morgan fingerprint density at radius 1 is 1.07 bits per heavy atom. The number of piperidine rings is 1. The number of ether oxygens (including phenoxy) is 1. The van der Waals surface area contributed by atoms with Gasteiger partial charge in [-0.05, 0) is 30.7 Å². The fourth-order valence-corrected chi connectivity index (χ4v) is 4.04. The lowest BCUT2D eigenvalue weighted by Gasteiger charge is -2.33. The monoisotopic (exact) mass is 398 g/mol. The van der Waals surface area contributed by atoms with E-state index in [2.05, 4.69) is 34.2 Å². The number of hydrogen-bond acceptors (Lipinski definition) is 8. The van der Waals surface area contributed by atoms with Crippen molar-refractivity contribution in [1.29, 1.82) is 0 Å². The summed E-state index contributed by atoms with van der Waals surface area (Å²) in [5.74, 6) is 1.26. The molecule has 2 aromatic rings. The first-order valence-corrected chi connectivity index (χ1v) is 10.1. The number of anilines is 3. The van der Waals surface area contributed by atoms with Crippen LogP contribution in [0.25, 0.3) is 0 Å². The predicted octanol–water partition coefficient (Wildman–Crippen LogP) is 2.26. The number of benzene rings is 1. The number of morpholine rings is 1. The third kappa shape index (κ3) is 4.40. The maximum atomic E-state index is 11.7. The number of nitro groups is 1. The van der Waals surface area contributed by atoms with Gasteiger partial charge in [0.15, 0.2) is 0 Å². The standard InChI is InChI=1S/C20H26N6O3/c21-18-17(26(27)28)19(23-20(22-18)25-10-12-29-13-11-25)24-8-6-16(7-9-24)14-15-4-2-1-3-5-15/h1-5,16H,6-14H2,(H2,21,22,23). The Kier molecular flexibility index (Phi) is 5.75. The quantitative estimate of drug-likeness (QED) is 0.603. The fraction of sp³-hybridized carbons (Fsp3) is 0.500. The van der Waals surface area contributed by atoms with Crippen LogP contribution in [0.2, 0.25) is 0 Å². The molecule has 2 N–H and O–H groups in total. The number of hydrogen-bond donors (Lipinski definition) is 1. The van der Waals surface area contributed by atoms with E-state index in [1.54, 1.807) is 0 Å². The van der Waals surface area contributed by atoms with Gasteiger partial charge >= 0.3 is 5.69 Å². The molecule has 0 amide bonds. The van der Waals surface area contributed by atoms with Crippen LogP contribution in [0.5, 0.6) is 0 Å². The molecule has 9 heteroatoms. The van der Waals surface area contributed by atoms with Gasteiger partial charge in [0.2, 0.25) is 17.6 Å². The zero-order valence-electron chi connectivity index (χ0n) is 16.4. The largest absolute Gasteiger partial charge is 0.378 e. The second kappa shape index (κ2) is 8.60. The van der Waals surface area contributed by atoms with E-state index in [-0.39, 0.29) is 11.5 Å². The Hall–Kier alpha value is -2.94. The summed E-state index contributed by atoms with van der Waals surface area (Å²) in [6.07, 6.45) is 2.95. The molecule has 29 heavy (non-hydrogen) atoms. The van der Waals surface area contributed by atoms with E-state index < -0.39 is 4.92 Å². The van der Waals surface area contributed by atoms with Gasteiger partial charge in [0.25, 0.3) is 0 Å². The Morgan fingerprint density at radius 3 is 2.41 bits per heavy atom. The smallest absolute Gasteiger partial charge is 0.353 e. The van der Waals surface area contributed by atoms with Crippen molar-refractivity contribution >= 4 is 23.3 Å². The van der Waals surface area contributed by atoms with Crippen molar-refractivity contribution in [3.63, 3.8) is 0 Å². The van der Waals surface area contributed by atoms with Crippen molar-refractivity contribution in [1.82, 2.24) is 9.97 Å². The summed E-state index contributed by atoms with van der Waals surface area (Å²) < 4.78 is 5.37. The van der Waals surface area contributed by atoms with Gasteiger partial charge in [-0.15, -0.1) is 0 Å². The predicted molar refractivity (Wildman–Crippen MR) is 111 cm³/mol. The fourth-order valence-electron chi connectivity index (χ4n) is 4.04. The van der Waals surface area contributed by atoms with Crippen molar-refractivity contribution in [3.05, 3.63) is 46.0 Å². The maximum Gasteiger partial charge on any atom is 0.353 e. The highest BCUT2D eigenvalue weighted by Crippen LogP contribution is 2.35. The molecule has 0 radical (unpaired) electrons. The summed E-state index contributed by atoms with van der Waals surface area (Å²) in [4.78, 5) is 23.9. The molecular weight excluding hydrogens is 372 g/mol. The lowest BCUT2D eigenvalue weighted by atomic mass is 9.90. The normalized spacial score (nSPS) is 18.1. The van der Waals surface area contributed by atoms with Crippen LogP contribution in [0.4, 0.5) is 23.3 Å². The summed E-state index contributed by atoms with van der Waals surface area (Å²) in [5.41, 5.74) is 7.13. The third-order valence-corrected chi connectivity index (χ3v) is 5.64. The first kappa shape index (κ1) is 19.4. The molecule has 2 fully saturated rings. The van der Waals surface area contributed by atoms with Gasteiger partial charge in [-0.3, -0.25) is 10.1 Å². The first-order valence-electron chi connectivity index (χ1n) is 10.1. The van der Waals surface area contributed by atoms with Crippen LogP contribution in [-0.2, 0) is 11.2 Å². The van der Waals surface area contributed by atoms with Crippen molar-refractivity contribution in [3.8, 4) is 0 Å². The highest BCUT2D eigenvalue weighted by Gasteiger charge is 2.31. The van der Waals surface area contributed by atoms with E-state index in [9.17, 15) is 10.1 Å². The van der Waals surface area contributed by atoms with Crippen LogP contribution < -0.4 is 15.5 Å². The Morgan fingerprint density at radius 2 is 1.76 bits per heavy atom. The molecular formula is C20H26N6O3. The van der Waals surface area contributed by atoms with Gasteiger partial charge in [0.1, 0.15) is 0 Å². The highest BCUT2D eigenvalue weighted by molar-refractivity contribution is 5.71. The average Bonchev–Trinajstić information content (AvgIpc) is 2.75. The molecule has 0 spiro atoms.